The maximum atomic E-state index is 12.6. The fourth-order valence-electron chi connectivity index (χ4n) is 6.06. The molecule has 0 spiro atoms. The number of anilines is 1. The number of carbonyl (C=O) groups is 3. The summed E-state index contributed by atoms with van der Waals surface area (Å²) in [5.74, 6) is 5.41. The highest BCUT2D eigenvalue weighted by molar-refractivity contribution is 5.93. The molecule has 1 fully saturated rings. The third-order valence-electron chi connectivity index (χ3n) is 8.35. The lowest BCUT2D eigenvalue weighted by molar-refractivity contribution is 0.0533. The van der Waals surface area contributed by atoms with Crippen LogP contribution in [0.15, 0.2) is 66.7 Å². The minimum absolute atomic E-state index is 0.0420. The van der Waals surface area contributed by atoms with E-state index in [0.717, 1.165) is 44.8 Å². The number of amides is 2. The number of piperazine rings is 1. The van der Waals surface area contributed by atoms with Crippen LogP contribution >= 0.6 is 0 Å². The van der Waals surface area contributed by atoms with Crippen molar-refractivity contribution in [3.8, 4) is 23.0 Å². The number of benzene rings is 3. The summed E-state index contributed by atoms with van der Waals surface area (Å²) in [4.78, 5) is 41.6. The molecule has 0 atom stereocenters. The lowest BCUT2D eigenvalue weighted by Crippen LogP contribution is -2.47. The van der Waals surface area contributed by atoms with Crippen LogP contribution in [0.1, 0.15) is 60.2 Å². The van der Waals surface area contributed by atoms with E-state index < -0.39 is 23.8 Å². The van der Waals surface area contributed by atoms with Crippen molar-refractivity contribution in [2.75, 3.05) is 64.4 Å². The molecule has 1 aliphatic carbocycles. The van der Waals surface area contributed by atoms with Crippen LogP contribution in [0.3, 0.4) is 0 Å². The highest BCUT2D eigenvalue weighted by atomic mass is 16.6. The second-order valence-corrected chi connectivity index (χ2v) is 12.8. The summed E-state index contributed by atoms with van der Waals surface area (Å²) < 4.78 is 15.9. The van der Waals surface area contributed by atoms with Crippen LogP contribution in [0.25, 0.3) is 11.1 Å². The van der Waals surface area contributed by atoms with Gasteiger partial charge in [0.1, 0.15) is 12.2 Å². The number of hydrogen-bond donors (Lipinski definition) is 2. The Bertz CT molecular complexity index is 1630. The number of carbonyl (C=O) groups excluding carboxylic acids is 3. The zero-order chi connectivity index (χ0) is 34.1. The molecule has 2 aliphatic rings. The molecular formula is C38H44N4O6. The monoisotopic (exact) mass is 652 g/mol. The van der Waals surface area contributed by atoms with Gasteiger partial charge in [0.15, 0.2) is 0 Å². The summed E-state index contributed by atoms with van der Waals surface area (Å²) in [7, 11) is 1.34. The molecule has 10 nitrogen and oxygen atoms in total. The molecule has 0 aromatic heterocycles. The third-order valence-corrected chi connectivity index (χ3v) is 8.35. The van der Waals surface area contributed by atoms with Crippen molar-refractivity contribution in [2.24, 2.45) is 0 Å². The zero-order valence-electron chi connectivity index (χ0n) is 28.1. The smallest absolute Gasteiger partial charge is 0.408 e. The zero-order valence-corrected chi connectivity index (χ0v) is 28.1. The summed E-state index contributed by atoms with van der Waals surface area (Å²) in [5.41, 5.74) is 6.03. The van der Waals surface area contributed by atoms with E-state index >= 15 is 0 Å². The number of alkyl carbamates (subject to hydrolysis) is 2. The Hall–Kier alpha value is -5.01. The summed E-state index contributed by atoms with van der Waals surface area (Å²) in [6.07, 6.45) is -0.130. The van der Waals surface area contributed by atoms with E-state index in [1.807, 2.05) is 42.5 Å². The topological polar surface area (TPSA) is 109 Å². The average Bonchev–Trinajstić information content (AvgIpc) is 3.40. The number of ether oxygens (including phenoxy) is 3. The van der Waals surface area contributed by atoms with E-state index in [0.29, 0.717) is 24.3 Å². The van der Waals surface area contributed by atoms with Gasteiger partial charge in [0.05, 0.1) is 19.2 Å². The Kier molecular flexibility index (Phi) is 11.2. The van der Waals surface area contributed by atoms with Crippen LogP contribution in [-0.2, 0) is 14.2 Å². The normalized spacial score (nSPS) is 14.2. The molecule has 1 saturated heterocycles. The van der Waals surface area contributed by atoms with Crippen molar-refractivity contribution in [1.82, 2.24) is 15.5 Å². The predicted molar refractivity (Wildman–Crippen MR) is 185 cm³/mol. The first kappa shape index (κ1) is 34.3. The van der Waals surface area contributed by atoms with E-state index in [4.69, 9.17) is 14.2 Å². The Morgan fingerprint density at radius 2 is 1.54 bits per heavy atom. The Morgan fingerprint density at radius 1 is 0.875 bits per heavy atom. The number of hydrogen-bond acceptors (Lipinski definition) is 8. The van der Waals surface area contributed by atoms with Crippen LogP contribution in [0.4, 0.5) is 15.3 Å². The Balaban J connectivity index is 1.04. The van der Waals surface area contributed by atoms with Crippen LogP contribution in [0.2, 0.25) is 0 Å². The number of nitrogens with zero attached hydrogens (tertiary/aromatic N) is 2. The molecule has 1 aliphatic heterocycles. The summed E-state index contributed by atoms with van der Waals surface area (Å²) in [6.45, 7) is 10.5. The minimum atomic E-state index is -0.596. The van der Waals surface area contributed by atoms with E-state index in [1.54, 1.807) is 20.8 Å². The van der Waals surface area contributed by atoms with E-state index in [2.05, 4.69) is 56.5 Å². The molecule has 1 heterocycles. The minimum Gasteiger partial charge on any atom is -0.465 e. The number of methoxy groups -OCH3 is 1. The van der Waals surface area contributed by atoms with Gasteiger partial charge >= 0.3 is 18.2 Å². The molecular weight excluding hydrogens is 608 g/mol. The Labute approximate surface area is 282 Å². The van der Waals surface area contributed by atoms with E-state index in [1.165, 1.54) is 29.4 Å². The predicted octanol–water partition coefficient (Wildman–Crippen LogP) is 5.40. The molecule has 2 amide bonds. The molecule has 5 rings (SSSR count). The fourth-order valence-corrected chi connectivity index (χ4v) is 6.06. The van der Waals surface area contributed by atoms with Crippen molar-refractivity contribution in [2.45, 2.75) is 38.7 Å². The second-order valence-electron chi connectivity index (χ2n) is 12.8. The largest absolute Gasteiger partial charge is 0.465 e. The van der Waals surface area contributed by atoms with Gasteiger partial charge < -0.3 is 29.7 Å². The molecule has 252 valence electrons. The highest BCUT2D eigenvalue weighted by Crippen LogP contribution is 2.44. The van der Waals surface area contributed by atoms with Gasteiger partial charge in [0, 0.05) is 49.9 Å². The summed E-state index contributed by atoms with van der Waals surface area (Å²) in [6, 6.07) is 22.2. The lowest BCUT2D eigenvalue weighted by atomic mass is 9.98. The summed E-state index contributed by atoms with van der Waals surface area (Å²) >= 11 is 0. The second kappa shape index (κ2) is 15.7. The quantitative estimate of drug-likeness (QED) is 0.137. The van der Waals surface area contributed by atoms with Gasteiger partial charge in [-0.2, -0.15) is 0 Å². The molecule has 0 bridgehead atoms. The molecule has 2 N–H and O–H groups in total. The van der Waals surface area contributed by atoms with Crippen molar-refractivity contribution in [3.63, 3.8) is 0 Å². The third kappa shape index (κ3) is 8.87. The van der Waals surface area contributed by atoms with Gasteiger partial charge in [-0.3, -0.25) is 4.90 Å². The molecule has 0 radical (unpaired) electrons. The SMILES string of the molecule is COC(=O)c1cc(N2CCN(CCCNC(=O)OCC3c4ccccc4-c4ccccc43)CC2)ccc1C#CCNC(=O)OC(C)(C)C. The number of nitrogens with one attached hydrogen (secondary N) is 2. The van der Waals surface area contributed by atoms with E-state index in [-0.39, 0.29) is 12.5 Å². The standard InChI is InChI=1S/C38H44N4O6/c1-38(2,3)48-37(45)40-18-9-11-27-16-17-28(25-33(27)35(43)46-4)42-23-21-41(22-24-42)20-10-19-39-36(44)47-26-34-31-14-7-5-12-29(31)30-13-6-8-15-32(30)34/h5-8,12-17,25,34H,10,18-24,26H2,1-4H3,(H,39,44)(H,40,45). The molecule has 0 saturated carbocycles. The van der Waals surface area contributed by atoms with Gasteiger partial charge in [-0.25, -0.2) is 14.4 Å². The first-order chi connectivity index (χ1) is 23.1. The number of esters is 1. The van der Waals surface area contributed by atoms with Crippen LogP contribution in [0, 0.1) is 11.8 Å². The van der Waals surface area contributed by atoms with Gasteiger partial charge in [0.2, 0.25) is 0 Å². The average molecular weight is 653 g/mol. The van der Waals surface area contributed by atoms with Crippen molar-refractivity contribution < 1.29 is 28.6 Å². The Morgan fingerprint density at radius 3 is 2.19 bits per heavy atom. The van der Waals surface area contributed by atoms with Crippen LogP contribution < -0.4 is 15.5 Å². The molecule has 3 aromatic rings. The number of rotatable bonds is 9. The highest BCUT2D eigenvalue weighted by Gasteiger charge is 2.29. The van der Waals surface area contributed by atoms with Gasteiger partial charge in [-0.05, 0) is 74.2 Å². The lowest BCUT2D eigenvalue weighted by Gasteiger charge is -2.36. The van der Waals surface area contributed by atoms with Crippen molar-refractivity contribution in [3.05, 3.63) is 89.0 Å². The van der Waals surface area contributed by atoms with Gasteiger partial charge in [0.25, 0.3) is 0 Å². The first-order valence-corrected chi connectivity index (χ1v) is 16.4. The molecule has 10 heteroatoms. The van der Waals surface area contributed by atoms with Gasteiger partial charge in [-0.1, -0.05) is 60.4 Å². The van der Waals surface area contributed by atoms with Gasteiger partial charge in [-0.15, -0.1) is 0 Å². The van der Waals surface area contributed by atoms with Crippen LogP contribution in [0.5, 0.6) is 0 Å². The maximum Gasteiger partial charge on any atom is 0.408 e. The first-order valence-electron chi connectivity index (χ1n) is 16.4. The molecule has 3 aromatic carbocycles. The maximum absolute atomic E-state index is 12.6. The summed E-state index contributed by atoms with van der Waals surface area (Å²) in [5, 5.41) is 5.50. The van der Waals surface area contributed by atoms with Crippen molar-refractivity contribution in [1.29, 1.82) is 0 Å². The van der Waals surface area contributed by atoms with Crippen LogP contribution in [-0.4, -0.2) is 88.2 Å². The molecule has 0 unspecified atom stereocenters. The fraction of sp³-hybridized carbons (Fsp3) is 0.395. The van der Waals surface area contributed by atoms with Crippen molar-refractivity contribution >= 4 is 23.8 Å². The number of fused-ring (bicyclic) bond motifs is 3. The van der Waals surface area contributed by atoms with E-state index in [9.17, 15) is 14.4 Å². The molecule has 48 heavy (non-hydrogen) atoms.